The first kappa shape index (κ1) is 8.57. The average Bonchev–Trinajstić information content (AvgIpc) is 2.31. The van der Waals surface area contributed by atoms with Crippen molar-refractivity contribution in [1.82, 2.24) is 0 Å². The Morgan fingerprint density at radius 2 is 2.40 bits per heavy atom. The first-order chi connectivity index (χ1) is 4.84. The number of halogens is 1. The van der Waals surface area contributed by atoms with Gasteiger partial charge in [-0.2, -0.15) is 0 Å². The summed E-state index contributed by atoms with van der Waals surface area (Å²) in [5.74, 6) is 0. The van der Waals surface area contributed by atoms with Crippen molar-refractivity contribution in [3.05, 3.63) is 19.9 Å². The first-order valence-corrected chi connectivity index (χ1v) is 6.20. The zero-order valence-corrected chi connectivity index (χ0v) is 9.36. The van der Waals surface area contributed by atoms with E-state index in [-0.39, 0.29) is 0 Å². The summed E-state index contributed by atoms with van der Waals surface area (Å²) >= 11 is 4.20. The molecule has 1 aromatic heterocycles. The third-order valence-corrected chi connectivity index (χ3v) is 4.84. The van der Waals surface area contributed by atoms with Crippen LogP contribution < -0.4 is 0 Å². The number of hydrogen-bond acceptors (Lipinski definition) is 0. The quantitative estimate of drug-likeness (QED) is 0.738. The van der Waals surface area contributed by atoms with Gasteiger partial charge in [0.25, 0.3) is 0 Å². The predicted octanol–water partition coefficient (Wildman–Crippen LogP) is 2.85. The summed E-state index contributed by atoms with van der Waals surface area (Å²) in [6.07, 6.45) is 3.94. The Bertz CT molecular complexity index is 193. The molecule has 0 aliphatic carbocycles. The van der Waals surface area contributed by atoms with E-state index < -0.39 is 0 Å². The molecule has 0 saturated heterocycles. The molecule has 2 heteroatoms. The third kappa shape index (κ3) is 2.26. The van der Waals surface area contributed by atoms with E-state index in [4.69, 9.17) is 0 Å². The number of hydrogen-bond donors (Lipinski definition) is 0. The van der Waals surface area contributed by atoms with Crippen molar-refractivity contribution in [2.75, 3.05) is 0 Å². The maximum absolute atomic E-state index is 3.54. The first-order valence-electron chi connectivity index (χ1n) is 3.56. The van der Waals surface area contributed by atoms with Crippen LogP contribution in [0, 0.1) is 0 Å². The fourth-order valence-electron chi connectivity index (χ4n) is 0.841. The Morgan fingerprint density at radius 3 is 2.90 bits per heavy atom. The van der Waals surface area contributed by atoms with Gasteiger partial charge in [-0.05, 0) is 0 Å². The van der Waals surface area contributed by atoms with Crippen LogP contribution >= 0.6 is 15.9 Å². The molecule has 1 rings (SSSR count). The topological polar surface area (TPSA) is 0 Å². The van der Waals surface area contributed by atoms with E-state index in [2.05, 4.69) is 33.9 Å². The summed E-state index contributed by atoms with van der Waals surface area (Å²) in [5, 5.41) is 0. The molecular weight excluding hydrogens is 255 g/mol. The van der Waals surface area contributed by atoms with E-state index in [1.54, 1.807) is 4.44 Å². The van der Waals surface area contributed by atoms with Crippen LogP contribution in [0.4, 0.5) is 0 Å². The molecule has 0 aromatic carbocycles. The Kier molecular flexibility index (Phi) is 3.75. The van der Waals surface area contributed by atoms with E-state index in [9.17, 15) is 0 Å². The van der Waals surface area contributed by atoms with E-state index >= 15 is 0 Å². The Morgan fingerprint density at radius 1 is 1.60 bits per heavy atom. The van der Waals surface area contributed by atoms with Gasteiger partial charge in [0, 0.05) is 0 Å². The van der Waals surface area contributed by atoms with Crippen LogP contribution in [-0.2, 0) is 6.42 Å². The normalized spacial score (nSPS) is 10.2. The van der Waals surface area contributed by atoms with Crippen molar-refractivity contribution in [3.63, 3.8) is 0 Å². The van der Waals surface area contributed by atoms with E-state index in [1.165, 1.54) is 23.7 Å². The van der Waals surface area contributed by atoms with Gasteiger partial charge in [-0.3, -0.25) is 0 Å². The standard InChI is InChI=1S/C8H11BrSe/c1-2-3-4-8-7(9)5-6-10-8/h5-6H,2-4H2,1H3. The monoisotopic (exact) mass is 266 g/mol. The molecule has 0 aliphatic heterocycles. The van der Waals surface area contributed by atoms with Crippen molar-refractivity contribution in [3.8, 4) is 0 Å². The van der Waals surface area contributed by atoms with Crippen molar-refractivity contribution < 1.29 is 0 Å². The van der Waals surface area contributed by atoms with Gasteiger partial charge in [-0.15, -0.1) is 0 Å². The second kappa shape index (κ2) is 4.38. The van der Waals surface area contributed by atoms with Gasteiger partial charge < -0.3 is 0 Å². The van der Waals surface area contributed by atoms with Crippen LogP contribution in [0.1, 0.15) is 24.2 Å². The van der Waals surface area contributed by atoms with Gasteiger partial charge in [0.05, 0.1) is 0 Å². The molecule has 0 aliphatic rings. The molecule has 0 bridgehead atoms. The molecule has 0 atom stereocenters. The minimum absolute atomic E-state index is 0.661. The molecule has 10 heavy (non-hydrogen) atoms. The zero-order valence-electron chi connectivity index (χ0n) is 6.06. The molecule has 0 spiro atoms. The summed E-state index contributed by atoms with van der Waals surface area (Å²) in [4.78, 5) is 2.28. The van der Waals surface area contributed by atoms with Gasteiger partial charge in [0.1, 0.15) is 0 Å². The van der Waals surface area contributed by atoms with Gasteiger partial charge in [0.15, 0.2) is 0 Å². The van der Waals surface area contributed by atoms with Crippen molar-refractivity contribution in [1.29, 1.82) is 0 Å². The van der Waals surface area contributed by atoms with Crippen LogP contribution in [0.25, 0.3) is 0 Å². The molecule has 56 valence electrons. The second-order valence-corrected chi connectivity index (χ2v) is 5.25. The van der Waals surface area contributed by atoms with Crippen LogP contribution in [-0.4, -0.2) is 14.5 Å². The second-order valence-electron chi connectivity index (χ2n) is 2.30. The fraction of sp³-hybridized carbons (Fsp3) is 0.500. The van der Waals surface area contributed by atoms with Gasteiger partial charge in [0.2, 0.25) is 0 Å². The Labute approximate surface area is 76.5 Å². The van der Waals surface area contributed by atoms with Gasteiger partial charge in [-0.25, -0.2) is 0 Å². The molecule has 0 nitrogen and oxygen atoms in total. The molecule has 1 heterocycles. The Balaban J connectivity index is 2.49. The summed E-state index contributed by atoms with van der Waals surface area (Å²) in [7, 11) is 0. The summed E-state index contributed by atoms with van der Waals surface area (Å²) < 4.78 is 2.98. The molecule has 0 radical (unpaired) electrons. The number of aryl methyl sites for hydroxylation is 1. The van der Waals surface area contributed by atoms with Gasteiger partial charge >= 0.3 is 76.5 Å². The average molecular weight is 266 g/mol. The maximum atomic E-state index is 3.54. The van der Waals surface area contributed by atoms with E-state index in [1.807, 2.05) is 0 Å². The SMILES string of the molecule is CCCCc1[se]ccc1Br. The number of unbranched alkanes of at least 4 members (excludes halogenated alkanes) is 1. The van der Waals surface area contributed by atoms with E-state index in [0.29, 0.717) is 14.5 Å². The van der Waals surface area contributed by atoms with E-state index in [0.717, 1.165) is 0 Å². The fourth-order valence-corrected chi connectivity index (χ4v) is 3.75. The predicted molar refractivity (Wildman–Crippen MR) is 49.7 cm³/mol. The number of rotatable bonds is 3. The third-order valence-electron chi connectivity index (χ3n) is 1.45. The van der Waals surface area contributed by atoms with Crippen molar-refractivity contribution >= 4 is 30.4 Å². The van der Waals surface area contributed by atoms with Crippen LogP contribution in [0.15, 0.2) is 15.5 Å². The molecule has 0 unspecified atom stereocenters. The summed E-state index contributed by atoms with van der Waals surface area (Å²) in [6.45, 7) is 2.24. The molecule has 1 aromatic rings. The minimum atomic E-state index is 0.661. The summed E-state index contributed by atoms with van der Waals surface area (Å²) in [5.41, 5.74) is 0. The zero-order chi connectivity index (χ0) is 7.40. The van der Waals surface area contributed by atoms with Crippen molar-refractivity contribution in [2.45, 2.75) is 26.2 Å². The van der Waals surface area contributed by atoms with Crippen molar-refractivity contribution in [2.24, 2.45) is 0 Å². The van der Waals surface area contributed by atoms with Crippen LogP contribution in [0.3, 0.4) is 0 Å². The molecular formula is C8H11BrSe. The molecule has 0 fully saturated rings. The summed E-state index contributed by atoms with van der Waals surface area (Å²) in [6, 6.07) is 2.19. The van der Waals surface area contributed by atoms with Gasteiger partial charge in [-0.1, -0.05) is 0 Å². The van der Waals surface area contributed by atoms with Crippen LogP contribution in [0.5, 0.6) is 0 Å². The molecule has 0 N–H and O–H groups in total. The van der Waals surface area contributed by atoms with Crippen LogP contribution in [0.2, 0.25) is 0 Å². The molecule has 0 amide bonds. The Hall–Kier alpha value is 0.479. The molecule has 0 saturated carbocycles.